The Morgan fingerprint density at radius 2 is 2.33 bits per heavy atom. The van der Waals surface area contributed by atoms with Crippen molar-refractivity contribution in [2.75, 3.05) is 12.8 Å². The van der Waals surface area contributed by atoms with E-state index in [1.165, 1.54) is 13.3 Å². The summed E-state index contributed by atoms with van der Waals surface area (Å²) in [6, 6.07) is 3.38. The lowest BCUT2D eigenvalue weighted by atomic mass is 10.2. The van der Waals surface area contributed by atoms with Gasteiger partial charge < -0.3 is 15.6 Å². The second kappa shape index (κ2) is 5.16. The number of ether oxygens (including phenoxy) is 1. The molecule has 0 amide bonds. The Morgan fingerprint density at radius 3 is 2.94 bits per heavy atom. The van der Waals surface area contributed by atoms with Crippen LogP contribution in [0.1, 0.15) is 5.56 Å². The summed E-state index contributed by atoms with van der Waals surface area (Å²) >= 11 is 2.00. The third-order valence-electron chi connectivity index (χ3n) is 2.06. The number of hydrogen-bond acceptors (Lipinski definition) is 7. The predicted molar refractivity (Wildman–Crippen MR) is 72.6 cm³/mol. The number of phenolic OH excluding ortho intramolecular Hbond substituents is 1. The van der Waals surface area contributed by atoms with Gasteiger partial charge in [0.2, 0.25) is 0 Å². The molecule has 0 unspecified atom stereocenters. The molecule has 1 heterocycles. The van der Waals surface area contributed by atoms with Crippen LogP contribution in [0.5, 0.6) is 11.5 Å². The van der Waals surface area contributed by atoms with Gasteiger partial charge in [-0.25, -0.2) is 0 Å². The molecule has 94 valence electrons. The van der Waals surface area contributed by atoms with Crippen LogP contribution in [0.3, 0.4) is 0 Å². The number of halogens is 1. The van der Waals surface area contributed by atoms with Gasteiger partial charge >= 0.3 is 0 Å². The second-order valence-corrected chi connectivity index (χ2v) is 4.39. The van der Waals surface area contributed by atoms with E-state index in [1.54, 1.807) is 12.1 Å². The molecule has 3 N–H and O–H groups in total. The van der Waals surface area contributed by atoms with Crippen LogP contribution in [0, 0.1) is 3.57 Å². The first kappa shape index (κ1) is 12.5. The number of aromatic nitrogens is 4. The van der Waals surface area contributed by atoms with Crippen molar-refractivity contribution in [2.45, 2.75) is 0 Å². The molecule has 0 atom stereocenters. The minimum absolute atomic E-state index is 0.0895. The Bertz CT molecular complexity index is 597. The molecule has 8 nitrogen and oxygen atoms in total. The number of nitrogen functional groups attached to an aromatic ring is 1. The zero-order chi connectivity index (χ0) is 13.1. The van der Waals surface area contributed by atoms with Crippen molar-refractivity contribution in [3.8, 4) is 11.5 Å². The SMILES string of the molecule is COc1cc(/C=N\n2nnnc2N)cc(I)c1O. The van der Waals surface area contributed by atoms with Gasteiger partial charge in [-0.15, -0.1) is 0 Å². The minimum atomic E-state index is 0.0895. The smallest absolute Gasteiger partial charge is 0.263 e. The molecule has 1 aromatic heterocycles. The monoisotopic (exact) mass is 360 g/mol. The highest BCUT2D eigenvalue weighted by molar-refractivity contribution is 14.1. The fourth-order valence-electron chi connectivity index (χ4n) is 1.22. The van der Waals surface area contributed by atoms with Crippen LogP contribution < -0.4 is 10.5 Å². The number of methoxy groups -OCH3 is 1. The van der Waals surface area contributed by atoms with Gasteiger partial charge in [-0.3, -0.25) is 0 Å². The maximum atomic E-state index is 9.68. The quantitative estimate of drug-likeness (QED) is 0.608. The molecular formula is C9H9IN6O2. The zero-order valence-corrected chi connectivity index (χ0v) is 11.4. The molecule has 0 aliphatic rings. The number of hydrogen-bond donors (Lipinski definition) is 2. The van der Waals surface area contributed by atoms with E-state index < -0.39 is 0 Å². The first-order valence-electron chi connectivity index (χ1n) is 4.76. The lowest BCUT2D eigenvalue weighted by molar-refractivity contribution is 0.371. The van der Waals surface area contributed by atoms with Gasteiger partial charge in [0.05, 0.1) is 16.9 Å². The summed E-state index contributed by atoms with van der Waals surface area (Å²) in [6.45, 7) is 0. The number of anilines is 1. The van der Waals surface area contributed by atoms with E-state index in [9.17, 15) is 5.11 Å². The Hall–Kier alpha value is -1.91. The van der Waals surface area contributed by atoms with Crippen LogP contribution in [-0.4, -0.2) is 38.7 Å². The number of aromatic hydroxyl groups is 1. The number of phenols is 1. The van der Waals surface area contributed by atoms with E-state index in [4.69, 9.17) is 10.5 Å². The van der Waals surface area contributed by atoms with Crippen molar-refractivity contribution >= 4 is 34.8 Å². The van der Waals surface area contributed by atoms with Gasteiger partial charge in [-0.05, 0) is 50.7 Å². The van der Waals surface area contributed by atoms with E-state index in [-0.39, 0.29) is 11.7 Å². The van der Waals surface area contributed by atoms with Crippen molar-refractivity contribution in [1.82, 2.24) is 20.3 Å². The standard InChI is InChI=1S/C9H9IN6O2/c1-18-7-3-5(2-6(10)8(7)17)4-12-16-9(11)13-14-15-16/h2-4,17H,1H3,(H2,11,13,15)/b12-4-. The summed E-state index contributed by atoms with van der Waals surface area (Å²) in [5.41, 5.74) is 6.19. The molecular weight excluding hydrogens is 351 g/mol. The molecule has 0 saturated heterocycles. The Morgan fingerprint density at radius 1 is 1.56 bits per heavy atom. The van der Waals surface area contributed by atoms with Crippen molar-refractivity contribution in [3.63, 3.8) is 0 Å². The zero-order valence-electron chi connectivity index (χ0n) is 9.28. The maximum Gasteiger partial charge on any atom is 0.263 e. The van der Waals surface area contributed by atoms with E-state index in [1.807, 2.05) is 22.6 Å². The van der Waals surface area contributed by atoms with Crippen LogP contribution in [0.2, 0.25) is 0 Å². The number of rotatable bonds is 3. The molecule has 0 bridgehead atoms. The first-order chi connectivity index (χ1) is 8.61. The first-order valence-corrected chi connectivity index (χ1v) is 5.84. The summed E-state index contributed by atoms with van der Waals surface area (Å²) in [6.07, 6.45) is 1.51. The largest absolute Gasteiger partial charge is 0.504 e. The van der Waals surface area contributed by atoms with Gasteiger partial charge in [0.15, 0.2) is 11.5 Å². The summed E-state index contributed by atoms with van der Waals surface area (Å²) in [5.74, 6) is 0.553. The van der Waals surface area contributed by atoms with Gasteiger partial charge in [0, 0.05) is 0 Å². The molecule has 9 heteroatoms. The third kappa shape index (κ3) is 2.50. The Balaban J connectivity index is 2.32. The number of nitrogens with two attached hydrogens (primary N) is 1. The topological polar surface area (TPSA) is 111 Å². The Labute approximate surface area is 116 Å². The molecule has 18 heavy (non-hydrogen) atoms. The van der Waals surface area contributed by atoms with Gasteiger partial charge in [0.1, 0.15) is 0 Å². The van der Waals surface area contributed by atoms with Crippen LogP contribution in [-0.2, 0) is 0 Å². The number of tetrazole rings is 1. The molecule has 0 aliphatic heterocycles. The lowest BCUT2D eigenvalue weighted by Crippen LogP contribution is -2.00. The van der Waals surface area contributed by atoms with E-state index in [0.717, 1.165) is 10.4 Å². The van der Waals surface area contributed by atoms with Gasteiger partial charge in [-0.2, -0.15) is 5.10 Å². The minimum Gasteiger partial charge on any atom is -0.504 e. The highest BCUT2D eigenvalue weighted by Crippen LogP contribution is 2.31. The number of nitrogens with zero attached hydrogens (tertiary/aromatic N) is 5. The van der Waals surface area contributed by atoms with Gasteiger partial charge in [0.25, 0.3) is 5.95 Å². The lowest BCUT2D eigenvalue weighted by Gasteiger charge is -2.06. The fraction of sp³-hybridized carbons (Fsp3) is 0.111. The Kier molecular flexibility index (Phi) is 3.60. The van der Waals surface area contributed by atoms with E-state index in [2.05, 4.69) is 20.6 Å². The third-order valence-corrected chi connectivity index (χ3v) is 2.89. The maximum absolute atomic E-state index is 9.68. The highest BCUT2D eigenvalue weighted by atomic mass is 127. The molecule has 2 rings (SSSR count). The highest BCUT2D eigenvalue weighted by Gasteiger charge is 2.07. The second-order valence-electron chi connectivity index (χ2n) is 3.22. The summed E-state index contributed by atoms with van der Waals surface area (Å²) < 4.78 is 5.69. The average Bonchev–Trinajstić information content (AvgIpc) is 2.76. The van der Waals surface area contributed by atoms with Crippen LogP contribution >= 0.6 is 22.6 Å². The molecule has 0 aliphatic carbocycles. The van der Waals surface area contributed by atoms with Crippen molar-refractivity contribution in [1.29, 1.82) is 0 Å². The fourth-order valence-corrected chi connectivity index (χ4v) is 1.84. The molecule has 0 radical (unpaired) electrons. The van der Waals surface area contributed by atoms with Crippen LogP contribution in [0.4, 0.5) is 5.95 Å². The van der Waals surface area contributed by atoms with Crippen LogP contribution in [0.15, 0.2) is 17.2 Å². The van der Waals surface area contributed by atoms with E-state index in [0.29, 0.717) is 9.32 Å². The molecule has 0 saturated carbocycles. The summed E-state index contributed by atoms with van der Waals surface area (Å²) in [4.78, 5) is 1.09. The molecule has 0 spiro atoms. The van der Waals surface area contributed by atoms with Gasteiger partial charge in [-0.1, -0.05) is 9.89 Å². The molecule has 1 aromatic carbocycles. The molecule has 0 fully saturated rings. The summed E-state index contributed by atoms with van der Waals surface area (Å²) in [5, 5.41) is 24.1. The van der Waals surface area contributed by atoms with Crippen LogP contribution in [0.25, 0.3) is 0 Å². The van der Waals surface area contributed by atoms with E-state index >= 15 is 0 Å². The normalized spacial score (nSPS) is 11.0. The summed E-state index contributed by atoms with van der Waals surface area (Å²) in [7, 11) is 1.48. The van der Waals surface area contributed by atoms with Crippen molar-refractivity contribution < 1.29 is 9.84 Å². The predicted octanol–water partition coefficient (Wildman–Crippen LogP) is 0.456. The average molecular weight is 360 g/mol. The van der Waals surface area contributed by atoms with Crippen molar-refractivity contribution in [3.05, 3.63) is 21.3 Å². The van der Waals surface area contributed by atoms with Crippen molar-refractivity contribution in [2.24, 2.45) is 5.10 Å². The number of benzene rings is 1. The molecule has 2 aromatic rings.